The molecule has 0 bridgehead atoms. The van der Waals surface area contributed by atoms with Gasteiger partial charge in [0.2, 0.25) is 0 Å². The van der Waals surface area contributed by atoms with E-state index in [-0.39, 0.29) is 12.8 Å². The van der Waals surface area contributed by atoms with Crippen LogP contribution in [-0.4, -0.2) is 79.5 Å². The van der Waals surface area contributed by atoms with Gasteiger partial charge in [0.1, 0.15) is 0 Å². The zero-order valence-corrected chi connectivity index (χ0v) is 22.1. The van der Waals surface area contributed by atoms with Crippen LogP contribution >= 0.6 is 0 Å². The average Bonchev–Trinajstić information content (AvgIpc) is 2.67. The van der Waals surface area contributed by atoms with Crippen LogP contribution in [0, 0.1) is 0 Å². The van der Waals surface area contributed by atoms with E-state index < -0.39 is 99.2 Å². The standard InChI is InChI=1S/C5H11O.3C4H2F7.Sn/c1-2-3-4-5-6;3*1-2(5,6)3(7,8)4(9,10)11;/h2-5H2,1H3;3*1H2;/q-1;;;;+1. The Labute approximate surface area is 214 Å². The molecule has 0 unspecified atom stereocenters. The molecule has 0 heterocycles. The molecular formula is C17H17F21OSn. The number of halogens is 21. The average molecular weight is 755 g/mol. The molecule has 0 aromatic rings. The maximum absolute atomic E-state index is 14.2. The predicted octanol–water partition coefficient (Wildman–Crippen LogP) is 9.64. The van der Waals surface area contributed by atoms with Crippen molar-refractivity contribution < 1.29 is 95.3 Å². The Balaban J connectivity index is 7.40. The Bertz CT molecular complexity index is 727. The number of hydrogen-bond acceptors (Lipinski definition) is 1. The van der Waals surface area contributed by atoms with Crippen molar-refractivity contribution in [2.45, 2.75) is 93.6 Å². The van der Waals surface area contributed by atoms with Crippen molar-refractivity contribution in [2.75, 3.05) is 6.61 Å². The first-order valence-electron chi connectivity index (χ1n) is 10.3. The molecule has 0 fully saturated rings. The number of rotatable bonds is 14. The molecule has 1 nitrogen and oxygen atoms in total. The molecular weight excluding hydrogens is 738 g/mol. The molecule has 242 valence electrons. The van der Waals surface area contributed by atoms with E-state index in [2.05, 4.69) is 3.07 Å². The third-order valence-corrected chi connectivity index (χ3v) is 16.9. The van der Waals surface area contributed by atoms with E-state index in [0.29, 0.717) is 0 Å². The van der Waals surface area contributed by atoms with Gasteiger partial charge in [-0.1, -0.05) is 0 Å². The zero-order valence-electron chi connectivity index (χ0n) is 19.3. The minimum atomic E-state index is -8.58. The van der Waals surface area contributed by atoms with E-state index >= 15 is 0 Å². The van der Waals surface area contributed by atoms with Gasteiger partial charge in [-0.15, -0.1) is 0 Å². The van der Waals surface area contributed by atoms with Crippen LogP contribution in [0.4, 0.5) is 92.2 Å². The monoisotopic (exact) mass is 756 g/mol. The summed E-state index contributed by atoms with van der Waals surface area (Å²) in [6.45, 7) is -0.344. The SMILES string of the molecule is CCCCC[O][Sn]([CH2]C(F)(F)C(F)(F)C(F)(F)F)([CH2]C(F)(F)C(F)(F)C(F)(F)F)[CH2]C(F)(F)C(F)(F)C(F)(F)F. The fourth-order valence-corrected chi connectivity index (χ4v) is 15.6. The van der Waals surface area contributed by atoms with E-state index in [9.17, 15) is 92.2 Å². The van der Waals surface area contributed by atoms with E-state index in [1.165, 1.54) is 6.92 Å². The van der Waals surface area contributed by atoms with Crippen molar-refractivity contribution in [3.63, 3.8) is 0 Å². The summed E-state index contributed by atoms with van der Waals surface area (Å²) < 4.78 is 271. The Morgan fingerprint density at radius 3 is 0.875 bits per heavy atom. The van der Waals surface area contributed by atoms with Gasteiger partial charge < -0.3 is 0 Å². The molecule has 0 atom stereocenters. The quantitative estimate of drug-likeness (QED) is 0.0976. The van der Waals surface area contributed by atoms with Crippen LogP contribution in [0.25, 0.3) is 0 Å². The molecule has 0 radical (unpaired) electrons. The van der Waals surface area contributed by atoms with E-state index in [4.69, 9.17) is 0 Å². The second-order valence-electron chi connectivity index (χ2n) is 8.60. The van der Waals surface area contributed by atoms with Gasteiger partial charge in [-0.2, -0.15) is 0 Å². The molecule has 0 aliphatic carbocycles. The first-order chi connectivity index (χ1) is 17.2. The predicted molar refractivity (Wildman–Crippen MR) is 93.5 cm³/mol. The van der Waals surface area contributed by atoms with Crippen molar-refractivity contribution in [3.05, 3.63) is 0 Å². The van der Waals surface area contributed by atoms with Crippen LogP contribution in [0.2, 0.25) is 13.3 Å². The molecule has 0 aromatic heterocycles. The molecule has 0 saturated heterocycles. The second kappa shape index (κ2) is 11.8. The van der Waals surface area contributed by atoms with Gasteiger partial charge in [-0.05, 0) is 0 Å². The van der Waals surface area contributed by atoms with Gasteiger partial charge in [-0.25, -0.2) is 0 Å². The summed E-state index contributed by atoms with van der Waals surface area (Å²) in [5, 5.41) is 0. The number of hydrogen-bond donors (Lipinski definition) is 0. The van der Waals surface area contributed by atoms with Crippen molar-refractivity contribution in [1.29, 1.82) is 0 Å². The molecule has 0 spiro atoms. The van der Waals surface area contributed by atoms with Gasteiger partial charge in [-0.3, -0.25) is 0 Å². The molecule has 0 aliphatic heterocycles. The van der Waals surface area contributed by atoms with Crippen LogP contribution < -0.4 is 0 Å². The first kappa shape index (κ1) is 39.3. The first-order valence-corrected chi connectivity index (χ1v) is 17.5. The van der Waals surface area contributed by atoms with Crippen LogP contribution in [0.1, 0.15) is 26.2 Å². The van der Waals surface area contributed by atoms with Gasteiger partial charge in [0, 0.05) is 0 Å². The third-order valence-electron chi connectivity index (χ3n) is 5.23. The van der Waals surface area contributed by atoms with Gasteiger partial charge >= 0.3 is 214 Å². The topological polar surface area (TPSA) is 9.23 Å². The summed E-state index contributed by atoms with van der Waals surface area (Å²) in [5.41, 5.74) is 0. The summed E-state index contributed by atoms with van der Waals surface area (Å²) in [6.07, 6.45) is -23.2. The molecule has 0 aliphatic rings. The van der Waals surface area contributed by atoms with Crippen molar-refractivity contribution in [1.82, 2.24) is 0 Å². The van der Waals surface area contributed by atoms with E-state index in [1.807, 2.05) is 0 Å². The molecule has 0 amide bonds. The Hall–Kier alpha value is -0.711. The van der Waals surface area contributed by atoms with Gasteiger partial charge in [0.05, 0.1) is 0 Å². The van der Waals surface area contributed by atoms with Gasteiger partial charge in [0.15, 0.2) is 0 Å². The Morgan fingerprint density at radius 2 is 0.675 bits per heavy atom. The van der Waals surface area contributed by atoms with Crippen LogP contribution in [0.15, 0.2) is 0 Å². The number of alkyl halides is 21. The van der Waals surface area contributed by atoms with Crippen molar-refractivity contribution in [2.24, 2.45) is 0 Å². The second-order valence-corrected chi connectivity index (χ2v) is 19.2. The Morgan fingerprint density at radius 1 is 0.425 bits per heavy atom. The molecule has 0 rings (SSSR count). The number of unbranched alkanes of at least 4 members (excludes halogenated alkanes) is 2. The summed E-state index contributed by atoms with van der Waals surface area (Å²) in [4.78, 5) is 0. The molecule has 0 saturated carbocycles. The normalized spacial score (nSPS) is 16.1. The fourth-order valence-electron chi connectivity index (χ4n) is 3.15. The van der Waals surface area contributed by atoms with Crippen molar-refractivity contribution >= 4 is 18.8 Å². The van der Waals surface area contributed by atoms with E-state index in [0.717, 1.165) is 0 Å². The van der Waals surface area contributed by atoms with Crippen LogP contribution in [0.5, 0.6) is 0 Å². The Kier molecular flexibility index (Phi) is 11.5. The molecule has 0 aromatic carbocycles. The molecule has 0 N–H and O–H groups in total. The summed E-state index contributed by atoms with van der Waals surface area (Å²) in [7, 11) is 0. The summed E-state index contributed by atoms with van der Waals surface area (Å²) in [6, 6.07) is 0. The van der Waals surface area contributed by atoms with Gasteiger partial charge in [0.25, 0.3) is 0 Å². The molecule has 23 heteroatoms. The zero-order chi connectivity index (χ0) is 32.7. The minimum absolute atomic E-state index is 0.00120. The van der Waals surface area contributed by atoms with Crippen LogP contribution in [0.3, 0.4) is 0 Å². The van der Waals surface area contributed by atoms with Crippen LogP contribution in [-0.2, 0) is 3.07 Å². The molecule has 40 heavy (non-hydrogen) atoms. The van der Waals surface area contributed by atoms with E-state index in [1.54, 1.807) is 0 Å². The summed E-state index contributed by atoms with van der Waals surface area (Å²) in [5.74, 6) is -43.4. The maximum atomic E-state index is 14.2. The van der Waals surface area contributed by atoms with Crippen molar-refractivity contribution in [3.8, 4) is 0 Å². The fraction of sp³-hybridized carbons (Fsp3) is 1.00. The summed E-state index contributed by atoms with van der Waals surface area (Å²) >= 11 is -8.58. The third kappa shape index (κ3) is 8.01.